The zero-order valence-corrected chi connectivity index (χ0v) is 16.2. The van der Waals surface area contributed by atoms with Gasteiger partial charge >= 0.3 is 0 Å². The third-order valence-corrected chi connectivity index (χ3v) is 5.84. The number of carbonyl (C=O) groups is 1. The fraction of sp³-hybridized carbons (Fsp3) is 0.474. The van der Waals surface area contributed by atoms with Gasteiger partial charge in [-0.2, -0.15) is 4.98 Å². The van der Waals surface area contributed by atoms with Crippen LogP contribution in [0, 0.1) is 6.92 Å². The number of methoxy groups -OCH3 is 1. The molecule has 27 heavy (non-hydrogen) atoms. The van der Waals surface area contributed by atoms with E-state index in [0.717, 1.165) is 37.9 Å². The molecular formula is C19H22ClN5O2. The summed E-state index contributed by atoms with van der Waals surface area (Å²) in [5.74, 6) is 0.986. The SMILES string of the molecule is COc1cc(C)nc(N2CCC3(NC(=O)c4ncccc4Cl)CCCC23)n1. The predicted molar refractivity (Wildman–Crippen MR) is 102 cm³/mol. The van der Waals surface area contributed by atoms with Gasteiger partial charge in [0.05, 0.1) is 23.7 Å². The van der Waals surface area contributed by atoms with Gasteiger partial charge in [0.2, 0.25) is 11.8 Å². The maximum Gasteiger partial charge on any atom is 0.271 e. The van der Waals surface area contributed by atoms with Crippen LogP contribution >= 0.6 is 11.6 Å². The van der Waals surface area contributed by atoms with Crippen LogP contribution in [0.15, 0.2) is 24.4 Å². The van der Waals surface area contributed by atoms with Crippen molar-refractivity contribution in [1.82, 2.24) is 20.3 Å². The van der Waals surface area contributed by atoms with Gasteiger partial charge in [0, 0.05) is 24.5 Å². The summed E-state index contributed by atoms with van der Waals surface area (Å²) in [6, 6.07) is 5.36. The third kappa shape index (κ3) is 3.20. The lowest BCUT2D eigenvalue weighted by Gasteiger charge is -2.33. The Balaban J connectivity index is 1.60. The minimum Gasteiger partial charge on any atom is -0.481 e. The number of hydrogen-bond donors (Lipinski definition) is 1. The molecule has 3 heterocycles. The lowest BCUT2D eigenvalue weighted by atomic mass is 9.92. The largest absolute Gasteiger partial charge is 0.481 e. The van der Waals surface area contributed by atoms with Crippen LogP contribution in [0.2, 0.25) is 5.02 Å². The lowest BCUT2D eigenvalue weighted by molar-refractivity contribution is 0.0894. The summed E-state index contributed by atoms with van der Waals surface area (Å²) in [5, 5.41) is 3.60. The molecular weight excluding hydrogens is 366 g/mol. The Labute approximate surface area is 163 Å². The number of anilines is 1. The van der Waals surface area contributed by atoms with Gasteiger partial charge < -0.3 is 15.0 Å². The minimum absolute atomic E-state index is 0.149. The highest BCUT2D eigenvalue weighted by Gasteiger charge is 2.52. The van der Waals surface area contributed by atoms with Crippen LogP contribution in [0.5, 0.6) is 5.88 Å². The highest BCUT2D eigenvalue weighted by molar-refractivity contribution is 6.33. The van der Waals surface area contributed by atoms with Crippen molar-refractivity contribution in [1.29, 1.82) is 0 Å². The molecule has 1 N–H and O–H groups in total. The number of nitrogens with zero attached hydrogens (tertiary/aromatic N) is 4. The first-order valence-corrected chi connectivity index (χ1v) is 9.49. The molecule has 1 aliphatic heterocycles. The zero-order chi connectivity index (χ0) is 19.0. The van der Waals surface area contributed by atoms with E-state index in [9.17, 15) is 4.79 Å². The minimum atomic E-state index is -0.307. The number of carbonyl (C=O) groups excluding carboxylic acids is 1. The van der Waals surface area contributed by atoms with E-state index in [1.54, 1.807) is 25.4 Å². The van der Waals surface area contributed by atoms with Gasteiger partial charge in [-0.25, -0.2) is 9.97 Å². The van der Waals surface area contributed by atoms with Crippen molar-refractivity contribution in [3.05, 3.63) is 40.8 Å². The molecule has 2 fully saturated rings. The average Bonchev–Trinajstić information content (AvgIpc) is 3.19. The molecule has 8 heteroatoms. The van der Waals surface area contributed by atoms with Gasteiger partial charge in [-0.05, 0) is 44.7 Å². The number of aryl methyl sites for hydroxylation is 1. The van der Waals surface area contributed by atoms with Crippen molar-refractivity contribution >= 4 is 23.5 Å². The van der Waals surface area contributed by atoms with Gasteiger partial charge in [0.25, 0.3) is 5.91 Å². The second-order valence-corrected chi connectivity index (χ2v) is 7.55. The van der Waals surface area contributed by atoms with E-state index in [1.165, 1.54) is 0 Å². The van der Waals surface area contributed by atoms with Gasteiger partial charge in [-0.15, -0.1) is 0 Å². The quantitative estimate of drug-likeness (QED) is 0.868. The molecule has 2 atom stereocenters. The van der Waals surface area contributed by atoms with E-state index in [1.807, 2.05) is 13.0 Å². The fourth-order valence-corrected chi connectivity index (χ4v) is 4.53. The number of pyridine rings is 1. The fourth-order valence-electron chi connectivity index (χ4n) is 4.32. The molecule has 2 aromatic heterocycles. The second kappa shape index (κ2) is 6.96. The van der Waals surface area contributed by atoms with Gasteiger partial charge in [-0.3, -0.25) is 4.79 Å². The van der Waals surface area contributed by atoms with Crippen LogP contribution < -0.4 is 15.0 Å². The molecule has 0 aromatic carbocycles. The molecule has 0 bridgehead atoms. The molecule has 142 valence electrons. The number of halogens is 1. The summed E-state index contributed by atoms with van der Waals surface area (Å²) < 4.78 is 5.30. The maximum atomic E-state index is 12.8. The number of fused-ring (bicyclic) bond motifs is 1. The molecule has 2 aliphatic rings. The van der Waals surface area contributed by atoms with Gasteiger partial charge in [-0.1, -0.05) is 11.6 Å². The number of ether oxygens (including phenoxy) is 1. The third-order valence-electron chi connectivity index (χ3n) is 5.53. The van der Waals surface area contributed by atoms with Gasteiger partial charge in [0.15, 0.2) is 0 Å². The van der Waals surface area contributed by atoms with E-state index >= 15 is 0 Å². The lowest BCUT2D eigenvalue weighted by Crippen LogP contribution is -2.54. The van der Waals surface area contributed by atoms with Crippen LogP contribution in [-0.2, 0) is 0 Å². The zero-order valence-electron chi connectivity index (χ0n) is 15.4. The van der Waals surface area contributed by atoms with Crippen molar-refractivity contribution in [2.45, 2.75) is 44.2 Å². The first kappa shape index (κ1) is 18.0. The number of hydrogen-bond acceptors (Lipinski definition) is 6. The Morgan fingerprint density at radius 1 is 1.41 bits per heavy atom. The number of aromatic nitrogens is 3. The summed E-state index contributed by atoms with van der Waals surface area (Å²) in [6.07, 6.45) is 5.37. The molecule has 0 radical (unpaired) electrons. The first-order valence-electron chi connectivity index (χ1n) is 9.12. The molecule has 1 saturated heterocycles. The molecule has 2 aromatic rings. The van der Waals surface area contributed by atoms with Crippen molar-refractivity contribution < 1.29 is 9.53 Å². The number of amides is 1. The Bertz CT molecular complexity index is 877. The summed E-state index contributed by atoms with van der Waals surface area (Å²) in [4.78, 5) is 28.3. The standard InChI is InChI=1S/C19H22ClN5O2/c1-12-11-15(27-2)23-18(22-12)25-10-8-19(7-3-6-14(19)25)24-17(26)16-13(20)5-4-9-21-16/h4-5,9,11,14H,3,6-8,10H2,1-2H3,(H,24,26). The van der Waals surface area contributed by atoms with Crippen molar-refractivity contribution in [3.8, 4) is 5.88 Å². The van der Waals surface area contributed by atoms with Crippen molar-refractivity contribution in [2.75, 3.05) is 18.6 Å². The highest BCUT2D eigenvalue weighted by atomic mass is 35.5. The average molecular weight is 388 g/mol. The van der Waals surface area contributed by atoms with Crippen molar-refractivity contribution in [2.24, 2.45) is 0 Å². The Morgan fingerprint density at radius 3 is 3.04 bits per heavy atom. The van der Waals surface area contributed by atoms with Crippen LogP contribution in [0.25, 0.3) is 0 Å². The number of rotatable bonds is 4. The smallest absolute Gasteiger partial charge is 0.271 e. The van der Waals surface area contributed by atoms with E-state index in [0.29, 0.717) is 16.9 Å². The molecule has 0 spiro atoms. The second-order valence-electron chi connectivity index (χ2n) is 7.15. The highest BCUT2D eigenvalue weighted by Crippen LogP contribution is 2.43. The Kier molecular flexibility index (Phi) is 4.63. The first-order chi connectivity index (χ1) is 13.0. The molecule has 1 aliphatic carbocycles. The molecule has 4 rings (SSSR count). The molecule has 1 saturated carbocycles. The normalized spacial score (nSPS) is 24.0. The van der Waals surface area contributed by atoms with E-state index in [-0.39, 0.29) is 23.2 Å². The van der Waals surface area contributed by atoms with E-state index < -0.39 is 0 Å². The summed E-state index contributed by atoms with van der Waals surface area (Å²) in [6.45, 7) is 2.71. The molecule has 2 unspecified atom stereocenters. The summed E-state index contributed by atoms with van der Waals surface area (Å²) in [7, 11) is 1.60. The summed E-state index contributed by atoms with van der Waals surface area (Å²) >= 11 is 6.15. The topological polar surface area (TPSA) is 80.2 Å². The Hall–Kier alpha value is -2.41. The Morgan fingerprint density at radius 2 is 2.26 bits per heavy atom. The molecule has 7 nitrogen and oxygen atoms in total. The maximum absolute atomic E-state index is 12.8. The van der Waals surface area contributed by atoms with Crippen LogP contribution in [0.1, 0.15) is 41.9 Å². The van der Waals surface area contributed by atoms with Crippen LogP contribution in [0.3, 0.4) is 0 Å². The summed E-state index contributed by atoms with van der Waals surface area (Å²) in [5.41, 5.74) is 0.820. The van der Waals surface area contributed by atoms with E-state index in [2.05, 4.69) is 25.2 Å². The monoisotopic (exact) mass is 387 g/mol. The van der Waals surface area contributed by atoms with Gasteiger partial charge in [0.1, 0.15) is 5.69 Å². The van der Waals surface area contributed by atoms with Crippen LogP contribution in [-0.4, -0.2) is 46.1 Å². The van der Waals surface area contributed by atoms with Crippen molar-refractivity contribution in [3.63, 3.8) is 0 Å². The number of nitrogens with one attached hydrogen (secondary N) is 1. The van der Waals surface area contributed by atoms with Crippen LogP contribution in [0.4, 0.5) is 5.95 Å². The van der Waals surface area contributed by atoms with E-state index in [4.69, 9.17) is 16.3 Å². The molecule has 1 amide bonds. The predicted octanol–water partition coefficient (Wildman–Crippen LogP) is 2.77.